The average Bonchev–Trinajstić information content (AvgIpc) is 2.80. The first kappa shape index (κ1) is 23.7. The first-order valence-electron chi connectivity index (χ1n) is 10.9. The molecule has 0 aromatic heterocycles. The number of aliphatic hydroxyl groups excluding tert-OH is 1. The quantitative estimate of drug-likeness (QED) is 0.699. The number of carbonyl (C=O) groups is 2. The molecule has 0 radical (unpaired) electrons. The lowest BCUT2D eigenvalue weighted by Gasteiger charge is -2.53. The van der Waals surface area contributed by atoms with Gasteiger partial charge in [0.2, 0.25) is 5.91 Å². The van der Waals surface area contributed by atoms with Crippen molar-refractivity contribution in [2.45, 2.75) is 25.1 Å². The van der Waals surface area contributed by atoms with E-state index in [4.69, 9.17) is 4.74 Å². The van der Waals surface area contributed by atoms with Crippen molar-refractivity contribution in [2.75, 3.05) is 38.3 Å². The van der Waals surface area contributed by atoms with Crippen molar-refractivity contribution in [1.82, 2.24) is 9.80 Å². The van der Waals surface area contributed by atoms with Crippen LogP contribution in [0.5, 0.6) is 0 Å². The number of urea groups is 1. The van der Waals surface area contributed by atoms with Gasteiger partial charge in [-0.3, -0.25) is 9.69 Å². The molecule has 2 atom stereocenters. The van der Waals surface area contributed by atoms with Gasteiger partial charge in [0.05, 0.1) is 6.61 Å². The fourth-order valence-corrected chi connectivity index (χ4v) is 4.43. The fourth-order valence-electron chi connectivity index (χ4n) is 4.43. The van der Waals surface area contributed by atoms with Gasteiger partial charge in [0.25, 0.3) is 0 Å². The van der Waals surface area contributed by atoms with Gasteiger partial charge in [-0.2, -0.15) is 0 Å². The SMILES string of the molecule is COCCN1CCN2C(=O)N(c3c(F)cc(C#Cc4ccccc4)cc3F)C(O)C[C@@]2(C)C1=O. The molecule has 2 aromatic carbocycles. The van der Waals surface area contributed by atoms with E-state index < -0.39 is 35.1 Å². The number of carbonyl (C=O) groups excluding carboxylic acids is 2. The van der Waals surface area contributed by atoms with Crippen LogP contribution in [0.1, 0.15) is 24.5 Å². The number of fused-ring (bicyclic) bond motifs is 1. The van der Waals surface area contributed by atoms with Crippen molar-refractivity contribution in [3.63, 3.8) is 0 Å². The molecule has 2 aromatic rings. The van der Waals surface area contributed by atoms with Crippen LogP contribution in [0.4, 0.5) is 19.3 Å². The minimum absolute atomic E-state index is 0.0910. The molecule has 2 heterocycles. The van der Waals surface area contributed by atoms with E-state index in [1.807, 2.05) is 6.07 Å². The maximum absolute atomic E-state index is 15.0. The van der Waals surface area contributed by atoms with Gasteiger partial charge < -0.3 is 19.6 Å². The van der Waals surface area contributed by atoms with Crippen molar-refractivity contribution < 1.29 is 28.2 Å². The lowest BCUT2D eigenvalue weighted by atomic mass is 9.87. The third-order valence-corrected chi connectivity index (χ3v) is 6.20. The Hall–Kier alpha value is -3.48. The summed E-state index contributed by atoms with van der Waals surface area (Å²) in [6, 6.07) is 10.2. The van der Waals surface area contributed by atoms with E-state index in [1.54, 1.807) is 36.1 Å². The van der Waals surface area contributed by atoms with Crippen LogP contribution in [-0.2, 0) is 9.53 Å². The Kier molecular flexibility index (Phi) is 6.55. The zero-order valence-electron chi connectivity index (χ0n) is 18.9. The van der Waals surface area contributed by atoms with Gasteiger partial charge in [-0.1, -0.05) is 30.0 Å². The van der Waals surface area contributed by atoms with E-state index in [-0.39, 0.29) is 31.0 Å². The molecule has 0 saturated carbocycles. The van der Waals surface area contributed by atoms with E-state index in [0.717, 1.165) is 12.1 Å². The predicted molar refractivity (Wildman–Crippen MR) is 121 cm³/mol. The van der Waals surface area contributed by atoms with Crippen LogP contribution >= 0.6 is 0 Å². The third-order valence-electron chi connectivity index (χ3n) is 6.20. The molecule has 7 nitrogen and oxygen atoms in total. The second-order valence-electron chi connectivity index (χ2n) is 8.45. The number of anilines is 1. The molecule has 2 fully saturated rings. The minimum Gasteiger partial charge on any atom is -0.383 e. The number of ether oxygens (including phenoxy) is 1. The van der Waals surface area contributed by atoms with E-state index >= 15 is 8.78 Å². The molecule has 2 aliphatic heterocycles. The number of rotatable bonds is 4. The number of benzene rings is 2. The highest BCUT2D eigenvalue weighted by Gasteiger charge is 2.55. The molecular formula is C25H25F2N3O4. The number of halogens is 2. The van der Waals surface area contributed by atoms with Gasteiger partial charge >= 0.3 is 6.03 Å². The van der Waals surface area contributed by atoms with Crippen molar-refractivity contribution in [2.24, 2.45) is 0 Å². The molecule has 0 aliphatic carbocycles. The Labute approximate surface area is 196 Å². The molecule has 0 spiro atoms. The number of amides is 3. The highest BCUT2D eigenvalue weighted by atomic mass is 19.1. The van der Waals surface area contributed by atoms with Gasteiger partial charge in [0.15, 0.2) is 11.6 Å². The van der Waals surface area contributed by atoms with Crippen LogP contribution in [0.3, 0.4) is 0 Å². The number of piperazine rings is 1. The molecule has 0 bridgehead atoms. The van der Waals surface area contributed by atoms with Crippen LogP contribution in [0.25, 0.3) is 0 Å². The van der Waals surface area contributed by atoms with Gasteiger partial charge in [-0.25, -0.2) is 13.6 Å². The maximum Gasteiger partial charge on any atom is 0.327 e. The standard InChI is InChI=1S/C25H25F2N3O4/c1-25-16-21(31)30(24(33)29(25)11-10-28(23(25)32)12-13-34-2)22-19(26)14-18(15-20(22)27)9-8-17-6-4-3-5-7-17/h3-7,14-15,21,31H,10-13,16H2,1-2H3/t21?,25-/m0/s1. The first-order valence-corrected chi connectivity index (χ1v) is 10.9. The Morgan fingerprint density at radius 3 is 2.38 bits per heavy atom. The zero-order chi connectivity index (χ0) is 24.5. The summed E-state index contributed by atoms with van der Waals surface area (Å²) in [6.45, 7) is 2.66. The average molecular weight is 469 g/mol. The fraction of sp³-hybridized carbons (Fsp3) is 0.360. The normalized spacial score (nSPS) is 22.4. The summed E-state index contributed by atoms with van der Waals surface area (Å²) < 4.78 is 35.1. The van der Waals surface area contributed by atoms with E-state index in [2.05, 4.69) is 11.8 Å². The summed E-state index contributed by atoms with van der Waals surface area (Å²) in [5, 5.41) is 10.8. The van der Waals surface area contributed by atoms with Crippen molar-refractivity contribution >= 4 is 17.6 Å². The summed E-state index contributed by atoms with van der Waals surface area (Å²) >= 11 is 0. The van der Waals surface area contributed by atoms with Crippen molar-refractivity contribution in [3.05, 3.63) is 65.2 Å². The Morgan fingerprint density at radius 1 is 1.09 bits per heavy atom. The molecular weight excluding hydrogens is 444 g/mol. The molecule has 2 saturated heterocycles. The lowest BCUT2D eigenvalue weighted by molar-refractivity contribution is -0.152. The topological polar surface area (TPSA) is 73.3 Å². The molecule has 178 valence electrons. The van der Waals surface area contributed by atoms with Crippen LogP contribution in [-0.4, -0.2) is 72.0 Å². The highest BCUT2D eigenvalue weighted by Crippen LogP contribution is 2.38. The summed E-state index contributed by atoms with van der Waals surface area (Å²) in [6.07, 6.45) is -1.79. The van der Waals surface area contributed by atoms with Crippen LogP contribution < -0.4 is 4.90 Å². The molecule has 2 aliphatic rings. The van der Waals surface area contributed by atoms with Crippen molar-refractivity contribution in [3.8, 4) is 11.8 Å². The number of aliphatic hydroxyl groups is 1. The molecule has 9 heteroatoms. The third kappa shape index (κ3) is 4.22. The van der Waals surface area contributed by atoms with Crippen molar-refractivity contribution in [1.29, 1.82) is 0 Å². The van der Waals surface area contributed by atoms with E-state index in [0.29, 0.717) is 23.6 Å². The summed E-state index contributed by atoms with van der Waals surface area (Å²) in [5.41, 5.74) is -1.22. The Bertz CT molecular complexity index is 1140. The smallest absolute Gasteiger partial charge is 0.327 e. The highest BCUT2D eigenvalue weighted by molar-refractivity contribution is 6.00. The van der Waals surface area contributed by atoms with Crippen LogP contribution in [0.2, 0.25) is 0 Å². The summed E-state index contributed by atoms with van der Waals surface area (Å²) in [4.78, 5) is 29.9. The lowest BCUT2D eigenvalue weighted by Crippen LogP contribution is -2.73. The second kappa shape index (κ2) is 9.41. The van der Waals surface area contributed by atoms with Gasteiger partial charge in [0.1, 0.15) is 17.5 Å². The summed E-state index contributed by atoms with van der Waals surface area (Å²) in [5.74, 6) is 3.14. The molecule has 4 rings (SSSR count). The Balaban J connectivity index is 1.62. The largest absolute Gasteiger partial charge is 0.383 e. The van der Waals surface area contributed by atoms with E-state index in [1.165, 1.54) is 12.0 Å². The molecule has 1 unspecified atom stereocenters. The van der Waals surface area contributed by atoms with E-state index in [9.17, 15) is 14.7 Å². The van der Waals surface area contributed by atoms with Gasteiger partial charge in [0, 0.05) is 44.3 Å². The number of methoxy groups -OCH3 is 1. The monoisotopic (exact) mass is 469 g/mol. The zero-order valence-corrected chi connectivity index (χ0v) is 18.9. The van der Waals surface area contributed by atoms with Gasteiger partial charge in [-0.15, -0.1) is 0 Å². The number of nitrogens with zero attached hydrogens (tertiary/aromatic N) is 3. The molecule has 1 N–H and O–H groups in total. The maximum atomic E-state index is 15.0. The first-order chi connectivity index (χ1) is 16.3. The van der Waals surface area contributed by atoms with Crippen LogP contribution in [0, 0.1) is 23.5 Å². The molecule has 34 heavy (non-hydrogen) atoms. The van der Waals surface area contributed by atoms with Gasteiger partial charge in [-0.05, 0) is 31.2 Å². The molecule has 3 amide bonds. The summed E-state index contributed by atoms with van der Waals surface area (Å²) in [7, 11) is 1.52. The van der Waals surface area contributed by atoms with Crippen LogP contribution in [0.15, 0.2) is 42.5 Å². The Morgan fingerprint density at radius 2 is 1.74 bits per heavy atom. The number of hydrogen-bond acceptors (Lipinski definition) is 4. The minimum atomic E-state index is -1.59. The predicted octanol–water partition coefficient (Wildman–Crippen LogP) is 2.56. The number of hydrogen-bond donors (Lipinski definition) is 1. The second-order valence-corrected chi connectivity index (χ2v) is 8.45.